The molecule has 0 spiro atoms. The van der Waals surface area contributed by atoms with Gasteiger partial charge in [-0.3, -0.25) is 4.90 Å². The van der Waals surface area contributed by atoms with Gasteiger partial charge in [-0.1, -0.05) is 18.2 Å². The Hall–Kier alpha value is -2.47. The fraction of sp³-hybridized carbons (Fsp3) is 0.316. The summed E-state index contributed by atoms with van der Waals surface area (Å²) in [4.78, 5) is 2.08. The van der Waals surface area contributed by atoms with Crippen molar-refractivity contribution >= 4 is 10.0 Å². The van der Waals surface area contributed by atoms with E-state index in [-0.39, 0.29) is 4.90 Å². The largest absolute Gasteiger partial charge is 0.491 e. The molecule has 0 aromatic heterocycles. The number of benzene rings is 2. The average molecular weight is 389 g/mol. The molecule has 2 aromatic carbocycles. The topological polar surface area (TPSA) is 73.6 Å². The number of halogens is 1. The second-order valence-electron chi connectivity index (χ2n) is 6.16. The summed E-state index contributed by atoms with van der Waals surface area (Å²) in [5.41, 5.74) is 0.489. The van der Waals surface area contributed by atoms with Crippen molar-refractivity contribution in [2.24, 2.45) is 0 Å². The van der Waals surface area contributed by atoms with Crippen LogP contribution in [0.25, 0.3) is 0 Å². The zero-order chi connectivity index (χ0) is 19.3. The van der Waals surface area contributed by atoms with Crippen molar-refractivity contribution in [2.75, 3.05) is 39.3 Å². The van der Waals surface area contributed by atoms with Crippen LogP contribution in [-0.2, 0) is 10.0 Å². The fourth-order valence-electron chi connectivity index (χ4n) is 2.94. The van der Waals surface area contributed by atoms with Gasteiger partial charge in [0.05, 0.1) is 10.5 Å². The van der Waals surface area contributed by atoms with Crippen LogP contribution in [0.2, 0.25) is 0 Å². The van der Waals surface area contributed by atoms with Crippen LogP contribution >= 0.6 is 0 Å². The predicted octanol–water partition coefficient (Wildman–Crippen LogP) is 2.08. The Labute approximate surface area is 158 Å². The minimum atomic E-state index is -3.68. The summed E-state index contributed by atoms with van der Waals surface area (Å²) in [5, 5.41) is 9.06. The molecule has 27 heavy (non-hydrogen) atoms. The van der Waals surface area contributed by atoms with Crippen LogP contribution in [-0.4, -0.2) is 57.0 Å². The minimum absolute atomic E-state index is 0.0209. The van der Waals surface area contributed by atoms with Gasteiger partial charge in [-0.25, -0.2) is 12.8 Å². The number of ether oxygens (including phenoxy) is 1. The highest BCUT2D eigenvalue weighted by molar-refractivity contribution is 7.89. The molecular weight excluding hydrogens is 369 g/mol. The van der Waals surface area contributed by atoms with E-state index in [0.717, 1.165) is 6.07 Å². The number of para-hydroxylation sites is 1. The van der Waals surface area contributed by atoms with Crippen molar-refractivity contribution in [1.29, 1.82) is 5.26 Å². The van der Waals surface area contributed by atoms with Crippen LogP contribution in [0.3, 0.4) is 0 Å². The van der Waals surface area contributed by atoms with Gasteiger partial charge >= 0.3 is 0 Å². The molecule has 0 unspecified atom stereocenters. The average Bonchev–Trinajstić information content (AvgIpc) is 2.69. The second kappa shape index (κ2) is 8.48. The summed E-state index contributed by atoms with van der Waals surface area (Å²) in [6, 6.07) is 14.2. The van der Waals surface area contributed by atoms with E-state index in [4.69, 9.17) is 10.00 Å². The lowest BCUT2D eigenvalue weighted by atomic mass is 10.2. The normalized spacial score (nSPS) is 16.0. The number of nitriles is 1. The molecule has 6 nitrogen and oxygen atoms in total. The molecular formula is C19H20FN3O3S. The lowest BCUT2D eigenvalue weighted by Crippen LogP contribution is -2.49. The summed E-state index contributed by atoms with van der Waals surface area (Å²) in [6.45, 7) is 2.86. The van der Waals surface area contributed by atoms with Crippen LogP contribution in [0.4, 0.5) is 4.39 Å². The molecule has 1 aliphatic rings. The second-order valence-corrected chi connectivity index (χ2v) is 8.10. The van der Waals surface area contributed by atoms with E-state index < -0.39 is 15.8 Å². The Kier molecular flexibility index (Phi) is 6.06. The maximum absolute atomic E-state index is 13.3. The van der Waals surface area contributed by atoms with Gasteiger partial charge in [0.25, 0.3) is 0 Å². The van der Waals surface area contributed by atoms with Gasteiger partial charge in [-0.2, -0.15) is 9.57 Å². The first-order chi connectivity index (χ1) is 13.0. The van der Waals surface area contributed by atoms with Crippen molar-refractivity contribution in [2.45, 2.75) is 4.90 Å². The van der Waals surface area contributed by atoms with Crippen LogP contribution in [0.5, 0.6) is 5.75 Å². The van der Waals surface area contributed by atoms with Gasteiger partial charge in [0, 0.05) is 32.7 Å². The van der Waals surface area contributed by atoms with Crippen molar-refractivity contribution in [3.05, 3.63) is 59.9 Å². The first kappa shape index (κ1) is 19.3. The number of rotatable bonds is 6. The zero-order valence-corrected chi connectivity index (χ0v) is 15.5. The standard InChI is InChI=1S/C19H20FN3O3S/c20-17-5-3-6-18(14-17)27(24,25)23-10-8-22(9-11-23)12-13-26-19-7-2-1-4-16(19)15-21/h1-7,14H,8-13H2. The number of sulfonamides is 1. The lowest BCUT2D eigenvalue weighted by molar-refractivity contribution is 0.158. The minimum Gasteiger partial charge on any atom is -0.491 e. The number of piperazine rings is 1. The first-order valence-electron chi connectivity index (χ1n) is 8.61. The molecule has 0 amide bonds. The molecule has 0 saturated carbocycles. The fourth-order valence-corrected chi connectivity index (χ4v) is 4.39. The van der Waals surface area contributed by atoms with Crippen molar-refractivity contribution in [3.8, 4) is 11.8 Å². The number of nitrogens with zero attached hydrogens (tertiary/aromatic N) is 3. The third-order valence-corrected chi connectivity index (χ3v) is 6.33. The summed E-state index contributed by atoms with van der Waals surface area (Å²) in [5.74, 6) is -0.0168. The smallest absolute Gasteiger partial charge is 0.243 e. The molecule has 0 radical (unpaired) electrons. The Morgan fingerprint density at radius 3 is 2.52 bits per heavy atom. The maximum Gasteiger partial charge on any atom is 0.243 e. The van der Waals surface area contributed by atoms with E-state index in [1.54, 1.807) is 18.2 Å². The first-order valence-corrected chi connectivity index (χ1v) is 10.0. The SMILES string of the molecule is N#Cc1ccccc1OCCN1CCN(S(=O)(=O)c2cccc(F)c2)CC1. The quantitative estimate of drug-likeness (QED) is 0.756. The van der Waals surface area contributed by atoms with E-state index in [9.17, 15) is 12.8 Å². The van der Waals surface area contributed by atoms with E-state index in [1.165, 1.54) is 22.5 Å². The van der Waals surface area contributed by atoms with Gasteiger partial charge in [-0.15, -0.1) is 0 Å². The molecule has 3 rings (SSSR count). The Balaban J connectivity index is 1.51. The summed E-state index contributed by atoms with van der Waals surface area (Å²) in [7, 11) is -3.68. The molecule has 2 aromatic rings. The molecule has 1 heterocycles. The molecule has 1 fully saturated rings. The van der Waals surface area contributed by atoms with Gasteiger partial charge in [0.15, 0.2) is 0 Å². The highest BCUT2D eigenvalue weighted by atomic mass is 32.2. The lowest BCUT2D eigenvalue weighted by Gasteiger charge is -2.33. The van der Waals surface area contributed by atoms with Gasteiger partial charge in [-0.05, 0) is 30.3 Å². The van der Waals surface area contributed by atoms with Gasteiger partial charge in [0.2, 0.25) is 10.0 Å². The Bertz CT molecular complexity index is 935. The number of hydrogen-bond acceptors (Lipinski definition) is 5. The summed E-state index contributed by atoms with van der Waals surface area (Å²) in [6.07, 6.45) is 0. The predicted molar refractivity (Wildman–Crippen MR) is 98.3 cm³/mol. The van der Waals surface area contributed by atoms with Crippen LogP contribution in [0, 0.1) is 17.1 Å². The summed E-state index contributed by atoms with van der Waals surface area (Å²) >= 11 is 0. The molecule has 142 valence electrons. The third kappa shape index (κ3) is 4.63. The highest BCUT2D eigenvalue weighted by Crippen LogP contribution is 2.19. The Morgan fingerprint density at radius 2 is 1.81 bits per heavy atom. The zero-order valence-electron chi connectivity index (χ0n) is 14.7. The van der Waals surface area contributed by atoms with Crippen molar-refractivity contribution < 1.29 is 17.5 Å². The Morgan fingerprint density at radius 1 is 1.07 bits per heavy atom. The monoisotopic (exact) mass is 389 g/mol. The third-order valence-electron chi connectivity index (χ3n) is 4.44. The van der Waals surface area contributed by atoms with Crippen molar-refractivity contribution in [1.82, 2.24) is 9.21 Å². The molecule has 8 heteroatoms. The van der Waals surface area contributed by atoms with E-state index >= 15 is 0 Å². The maximum atomic E-state index is 13.3. The van der Waals surface area contributed by atoms with E-state index in [1.807, 2.05) is 6.07 Å². The number of hydrogen-bond donors (Lipinski definition) is 0. The molecule has 1 aliphatic heterocycles. The molecule has 1 saturated heterocycles. The highest BCUT2D eigenvalue weighted by Gasteiger charge is 2.28. The molecule has 0 bridgehead atoms. The molecule has 0 atom stereocenters. The summed E-state index contributed by atoms with van der Waals surface area (Å²) < 4.78 is 45.6. The van der Waals surface area contributed by atoms with Gasteiger partial charge in [0.1, 0.15) is 24.2 Å². The van der Waals surface area contributed by atoms with Crippen LogP contribution in [0.15, 0.2) is 53.4 Å². The molecule has 0 aliphatic carbocycles. The van der Waals surface area contributed by atoms with Crippen LogP contribution < -0.4 is 4.74 Å². The van der Waals surface area contributed by atoms with E-state index in [0.29, 0.717) is 50.6 Å². The molecule has 0 N–H and O–H groups in total. The van der Waals surface area contributed by atoms with Gasteiger partial charge < -0.3 is 4.74 Å². The van der Waals surface area contributed by atoms with E-state index in [2.05, 4.69) is 11.0 Å². The van der Waals surface area contributed by atoms with Crippen LogP contribution in [0.1, 0.15) is 5.56 Å². The van der Waals surface area contributed by atoms with Crippen molar-refractivity contribution in [3.63, 3.8) is 0 Å².